The van der Waals surface area contributed by atoms with Gasteiger partial charge in [0.1, 0.15) is 5.78 Å². The number of rotatable bonds is 16. The van der Waals surface area contributed by atoms with E-state index in [9.17, 15) is 14.4 Å². The number of nitrogens with zero attached hydrogens (tertiary/aromatic N) is 2. The number of thiazole rings is 1. The average Bonchev–Trinajstić information content (AvgIpc) is 3.32. The number of hydrogen-bond donors (Lipinski definition) is 1. The zero-order chi connectivity index (χ0) is 29.2. The Morgan fingerprint density at radius 2 is 1.85 bits per heavy atom. The van der Waals surface area contributed by atoms with Crippen molar-refractivity contribution in [2.45, 2.75) is 103 Å². The minimum absolute atomic E-state index is 0.0636. The van der Waals surface area contributed by atoms with Gasteiger partial charge in [-0.3, -0.25) is 14.4 Å². The molecule has 0 radical (unpaired) electrons. The summed E-state index contributed by atoms with van der Waals surface area (Å²) in [6, 6.07) is 6.30. The van der Waals surface area contributed by atoms with Crippen molar-refractivity contribution in [3.63, 3.8) is 0 Å². The molecular formula is C33H49N3O3S. The van der Waals surface area contributed by atoms with Crippen LogP contribution in [0.4, 0.5) is 0 Å². The van der Waals surface area contributed by atoms with E-state index in [4.69, 9.17) is 4.98 Å². The predicted octanol–water partition coefficient (Wildman–Crippen LogP) is 6.87. The molecule has 1 aliphatic carbocycles. The Hall–Kier alpha value is -2.38. The third kappa shape index (κ3) is 9.62. The first-order chi connectivity index (χ1) is 19.1. The van der Waals surface area contributed by atoms with Crippen molar-refractivity contribution in [2.75, 3.05) is 20.6 Å². The van der Waals surface area contributed by atoms with Crippen LogP contribution in [-0.4, -0.2) is 54.0 Å². The van der Waals surface area contributed by atoms with Crippen LogP contribution < -0.4 is 5.32 Å². The fraction of sp³-hybridized carbons (Fsp3) is 0.636. The standard InChI is InChI=1S/C33H49N3O3S/c1-7-11-27(37)18-26(20-32-34-29-15-14-25(22(2)3)19-31(29)40-32)33(39)35-28(24-12-9-8-10-13-24)16-17-30(38)23(4)21-36(5)6/h14-15,19,22,24,26,28H,4,7-13,16-18,20-21H2,1-3,5-6H3,(H,35,39)/t26-,28+/m0/s1. The lowest BCUT2D eigenvalue weighted by molar-refractivity contribution is -0.130. The maximum Gasteiger partial charge on any atom is 0.224 e. The molecule has 0 spiro atoms. The van der Waals surface area contributed by atoms with E-state index in [0.29, 0.717) is 49.6 Å². The van der Waals surface area contributed by atoms with Gasteiger partial charge in [0.05, 0.1) is 21.1 Å². The monoisotopic (exact) mass is 567 g/mol. The molecule has 1 aliphatic rings. The van der Waals surface area contributed by atoms with E-state index in [1.165, 1.54) is 12.0 Å². The summed E-state index contributed by atoms with van der Waals surface area (Å²) in [7, 11) is 3.86. The number of carbonyl (C=O) groups excluding carboxylic acids is 3. The number of carbonyl (C=O) groups is 3. The van der Waals surface area contributed by atoms with Gasteiger partial charge in [-0.05, 0) is 69.3 Å². The van der Waals surface area contributed by atoms with Crippen LogP contribution in [0.1, 0.15) is 101 Å². The number of likely N-dealkylation sites (N-methyl/N-ethyl adjacent to an activating group) is 1. The molecule has 2 atom stereocenters. The maximum absolute atomic E-state index is 13.8. The van der Waals surface area contributed by atoms with Crippen molar-refractivity contribution in [1.82, 2.24) is 15.2 Å². The smallest absolute Gasteiger partial charge is 0.224 e. The van der Waals surface area contributed by atoms with Crippen LogP contribution in [0.2, 0.25) is 0 Å². The fourth-order valence-electron chi connectivity index (χ4n) is 5.76. The molecule has 1 saturated carbocycles. The quantitative estimate of drug-likeness (QED) is 0.224. The second kappa shape index (κ2) is 15.6. The van der Waals surface area contributed by atoms with E-state index in [1.54, 1.807) is 11.3 Å². The fourth-order valence-corrected chi connectivity index (χ4v) is 6.85. The lowest BCUT2D eigenvalue weighted by atomic mass is 9.81. The van der Waals surface area contributed by atoms with Crippen LogP contribution in [-0.2, 0) is 20.8 Å². The number of amides is 1. The first-order valence-electron chi connectivity index (χ1n) is 15.1. The summed E-state index contributed by atoms with van der Waals surface area (Å²) in [5.74, 6) is 0.431. The van der Waals surface area contributed by atoms with Crippen LogP contribution in [0.3, 0.4) is 0 Å². The zero-order valence-electron chi connectivity index (χ0n) is 25.3. The number of fused-ring (bicyclic) bond motifs is 1. The normalized spacial score (nSPS) is 15.9. The van der Waals surface area contributed by atoms with Crippen LogP contribution in [0.5, 0.6) is 0 Å². The van der Waals surface area contributed by atoms with Gasteiger partial charge in [-0.25, -0.2) is 4.98 Å². The molecule has 6 nitrogen and oxygen atoms in total. The van der Waals surface area contributed by atoms with E-state index in [2.05, 4.69) is 43.9 Å². The molecule has 2 aromatic rings. The van der Waals surface area contributed by atoms with Gasteiger partial charge in [0, 0.05) is 43.8 Å². The molecule has 1 fully saturated rings. The summed E-state index contributed by atoms with van der Waals surface area (Å²) in [6.07, 6.45) is 8.57. The van der Waals surface area contributed by atoms with E-state index in [1.807, 2.05) is 25.9 Å². The largest absolute Gasteiger partial charge is 0.353 e. The van der Waals surface area contributed by atoms with Crippen molar-refractivity contribution in [3.05, 3.63) is 40.9 Å². The van der Waals surface area contributed by atoms with E-state index < -0.39 is 5.92 Å². The molecule has 220 valence electrons. The van der Waals surface area contributed by atoms with Crippen LogP contribution >= 0.6 is 11.3 Å². The molecule has 0 bridgehead atoms. The Morgan fingerprint density at radius 3 is 2.50 bits per heavy atom. The Balaban J connectivity index is 1.77. The van der Waals surface area contributed by atoms with E-state index >= 15 is 0 Å². The van der Waals surface area contributed by atoms with Gasteiger partial charge in [0.2, 0.25) is 5.91 Å². The number of Topliss-reactive ketones (excluding diaryl/α,β-unsaturated/α-hetero) is 2. The van der Waals surface area contributed by atoms with Crippen LogP contribution in [0.15, 0.2) is 30.4 Å². The third-order valence-corrected chi connectivity index (χ3v) is 9.09. The lowest BCUT2D eigenvalue weighted by Gasteiger charge is -2.32. The molecule has 3 rings (SSSR count). The summed E-state index contributed by atoms with van der Waals surface area (Å²) in [5, 5.41) is 4.23. The van der Waals surface area contributed by atoms with Crippen molar-refractivity contribution >= 4 is 39.0 Å². The van der Waals surface area contributed by atoms with Gasteiger partial charge >= 0.3 is 0 Å². The summed E-state index contributed by atoms with van der Waals surface area (Å²) < 4.78 is 1.12. The summed E-state index contributed by atoms with van der Waals surface area (Å²) >= 11 is 1.62. The number of hydrogen-bond acceptors (Lipinski definition) is 6. The summed E-state index contributed by atoms with van der Waals surface area (Å²) in [6.45, 7) is 10.9. The molecule has 1 aromatic heterocycles. The Morgan fingerprint density at radius 1 is 1.12 bits per heavy atom. The zero-order valence-corrected chi connectivity index (χ0v) is 26.1. The molecule has 1 aromatic carbocycles. The predicted molar refractivity (Wildman–Crippen MR) is 166 cm³/mol. The maximum atomic E-state index is 13.8. The minimum Gasteiger partial charge on any atom is -0.353 e. The van der Waals surface area contributed by atoms with Gasteiger partial charge < -0.3 is 10.2 Å². The topological polar surface area (TPSA) is 79.4 Å². The number of benzene rings is 1. The SMILES string of the molecule is C=C(CN(C)C)C(=O)CC[C@@H](NC(=O)[C@@H](CC(=O)CCC)Cc1nc2ccc(C(C)C)cc2s1)C1CCCCC1. The molecule has 40 heavy (non-hydrogen) atoms. The van der Waals surface area contributed by atoms with Crippen molar-refractivity contribution < 1.29 is 14.4 Å². The van der Waals surface area contributed by atoms with Crippen LogP contribution in [0, 0.1) is 11.8 Å². The van der Waals surface area contributed by atoms with E-state index in [0.717, 1.165) is 47.3 Å². The Labute approximate surface area is 245 Å². The van der Waals surface area contributed by atoms with Crippen molar-refractivity contribution in [2.24, 2.45) is 11.8 Å². The summed E-state index contributed by atoms with van der Waals surface area (Å²) in [4.78, 5) is 46.2. The van der Waals surface area contributed by atoms with Gasteiger partial charge in [-0.15, -0.1) is 11.3 Å². The second-order valence-corrected chi connectivity index (χ2v) is 13.3. The highest BCUT2D eigenvalue weighted by atomic mass is 32.1. The van der Waals surface area contributed by atoms with E-state index in [-0.39, 0.29) is 29.9 Å². The highest BCUT2D eigenvalue weighted by Gasteiger charge is 2.30. The van der Waals surface area contributed by atoms with Gasteiger partial charge in [0.15, 0.2) is 5.78 Å². The van der Waals surface area contributed by atoms with Crippen molar-refractivity contribution in [3.8, 4) is 0 Å². The highest BCUT2D eigenvalue weighted by Crippen LogP contribution is 2.31. The number of ketones is 2. The first kappa shape index (κ1) is 32.1. The highest BCUT2D eigenvalue weighted by molar-refractivity contribution is 7.18. The van der Waals surface area contributed by atoms with Gasteiger partial charge in [0.25, 0.3) is 0 Å². The molecule has 1 amide bonds. The Kier molecular flexibility index (Phi) is 12.5. The third-order valence-electron chi connectivity index (χ3n) is 8.05. The number of nitrogens with one attached hydrogen (secondary N) is 1. The molecule has 1 N–H and O–H groups in total. The molecule has 0 saturated heterocycles. The second-order valence-electron chi connectivity index (χ2n) is 12.2. The summed E-state index contributed by atoms with van der Waals surface area (Å²) in [5.41, 5.74) is 2.83. The lowest BCUT2D eigenvalue weighted by Crippen LogP contribution is -2.45. The van der Waals surface area contributed by atoms with Crippen molar-refractivity contribution in [1.29, 1.82) is 0 Å². The van der Waals surface area contributed by atoms with Gasteiger partial charge in [-0.1, -0.05) is 52.7 Å². The first-order valence-corrected chi connectivity index (χ1v) is 16.0. The Bertz CT molecular complexity index is 1160. The molecule has 0 aliphatic heterocycles. The minimum atomic E-state index is -0.463. The molecular weight excluding hydrogens is 518 g/mol. The molecule has 7 heteroatoms. The molecule has 0 unspecified atom stereocenters. The average molecular weight is 568 g/mol. The molecule has 1 heterocycles. The van der Waals surface area contributed by atoms with Crippen LogP contribution in [0.25, 0.3) is 10.2 Å². The number of aromatic nitrogens is 1. The van der Waals surface area contributed by atoms with Gasteiger partial charge in [-0.2, -0.15) is 0 Å².